The highest BCUT2D eigenvalue weighted by atomic mass is 127. The summed E-state index contributed by atoms with van der Waals surface area (Å²) in [5.41, 5.74) is 0.928. The van der Waals surface area contributed by atoms with Crippen molar-refractivity contribution in [1.29, 1.82) is 0 Å². The van der Waals surface area contributed by atoms with Gasteiger partial charge in [0.1, 0.15) is 5.82 Å². The number of hydrogen-bond acceptors (Lipinski definition) is 2. The van der Waals surface area contributed by atoms with E-state index >= 15 is 0 Å². The fourth-order valence-electron chi connectivity index (χ4n) is 2.62. The van der Waals surface area contributed by atoms with Crippen LogP contribution in [0, 0.1) is 5.82 Å². The van der Waals surface area contributed by atoms with Crippen molar-refractivity contribution in [2.24, 2.45) is 4.99 Å². The minimum Gasteiger partial charge on any atom is -0.357 e. The Balaban J connectivity index is 0.00000338. The molecule has 1 aromatic carbocycles. The van der Waals surface area contributed by atoms with E-state index in [0.29, 0.717) is 6.54 Å². The van der Waals surface area contributed by atoms with Crippen LogP contribution in [-0.2, 0) is 6.54 Å². The molecule has 1 atom stereocenters. The summed E-state index contributed by atoms with van der Waals surface area (Å²) in [6, 6.07) is 10.8. The van der Waals surface area contributed by atoms with E-state index in [-0.39, 0.29) is 35.8 Å². The first-order valence-electron chi connectivity index (χ1n) is 8.65. The number of guanidine groups is 1. The second kappa shape index (κ2) is 11.9. The van der Waals surface area contributed by atoms with Gasteiger partial charge in [0.15, 0.2) is 5.96 Å². The smallest absolute Gasteiger partial charge is 0.191 e. The first kappa shape index (κ1) is 22.4. The third-order valence-electron chi connectivity index (χ3n) is 3.95. The normalized spacial score (nSPS) is 12.6. The molecular weight excluding hydrogens is 444 g/mol. The number of nitrogens with one attached hydrogen (secondary N) is 2. The quantitative estimate of drug-likeness (QED) is 0.352. The summed E-state index contributed by atoms with van der Waals surface area (Å²) in [5.74, 6) is 0.558. The molecule has 2 N–H and O–H groups in total. The highest BCUT2D eigenvalue weighted by Crippen LogP contribution is 2.19. The van der Waals surface area contributed by atoms with Crippen molar-refractivity contribution < 1.29 is 4.39 Å². The number of aromatic nitrogens is 1. The summed E-state index contributed by atoms with van der Waals surface area (Å²) in [5, 5.41) is 6.60. The van der Waals surface area contributed by atoms with Crippen molar-refractivity contribution in [1.82, 2.24) is 20.1 Å². The van der Waals surface area contributed by atoms with Crippen LogP contribution in [0.4, 0.5) is 4.39 Å². The molecule has 1 heterocycles. The first-order chi connectivity index (χ1) is 12.1. The second-order valence-electron chi connectivity index (χ2n) is 6.10. The molecule has 1 unspecified atom stereocenters. The van der Waals surface area contributed by atoms with Gasteiger partial charge in [0, 0.05) is 32.0 Å². The summed E-state index contributed by atoms with van der Waals surface area (Å²) in [6.45, 7) is 5.04. The largest absolute Gasteiger partial charge is 0.357 e. The van der Waals surface area contributed by atoms with Gasteiger partial charge in [-0.15, -0.1) is 24.0 Å². The van der Waals surface area contributed by atoms with Crippen molar-refractivity contribution in [3.8, 4) is 0 Å². The van der Waals surface area contributed by atoms with E-state index in [2.05, 4.69) is 25.1 Å². The summed E-state index contributed by atoms with van der Waals surface area (Å²) >= 11 is 0. The van der Waals surface area contributed by atoms with Crippen LogP contribution in [0.3, 0.4) is 0 Å². The molecule has 0 aliphatic carbocycles. The monoisotopic (exact) mass is 473 g/mol. The average Bonchev–Trinajstić information content (AvgIpc) is 3.08. The Kier molecular flexibility index (Phi) is 10.3. The van der Waals surface area contributed by atoms with Gasteiger partial charge in [-0.25, -0.2) is 4.39 Å². The molecule has 7 heteroatoms. The molecule has 26 heavy (non-hydrogen) atoms. The van der Waals surface area contributed by atoms with E-state index in [9.17, 15) is 4.39 Å². The fourth-order valence-corrected chi connectivity index (χ4v) is 2.62. The highest BCUT2D eigenvalue weighted by molar-refractivity contribution is 14.0. The molecular formula is C19H29FIN5. The van der Waals surface area contributed by atoms with E-state index < -0.39 is 0 Å². The maximum Gasteiger partial charge on any atom is 0.191 e. The molecule has 0 fully saturated rings. The van der Waals surface area contributed by atoms with Crippen LogP contribution < -0.4 is 10.6 Å². The molecule has 144 valence electrons. The number of nitrogens with zero attached hydrogens (tertiary/aromatic N) is 3. The van der Waals surface area contributed by atoms with Crippen LogP contribution in [0.5, 0.6) is 0 Å². The Morgan fingerprint density at radius 3 is 2.54 bits per heavy atom. The molecule has 0 saturated heterocycles. The number of benzene rings is 1. The lowest BCUT2D eigenvalue weighted by atomic mass is 10.1. The van der Waals surface area contributed by atoms with Crippen LogP contribution in [0.15, 0.2) is 53.8 Å². The standard InChI is InChI=1S/C19H28FN5.HI/c1-4-21-19(22-10-13-25-11-5-6-12-25)23-15-18(24(2)3)16-8-7-9-17(20)14-16;/h5-9,11-12,14,18H,4,10,13,15H2,1-3H3,(H2,21,22,23);1H. The zero-order valence-electron chi connectivity index (χ0n) is 15.7. The molecule has 2 aromatic rings. The van der Waals surface area contributed by atoms with Crippen LogP contribution in [-0.4, -0.2) is 49.2 Å². The Morgan fingerprint density at radius 2 is 1.92 bits per heavy atom. The zero-order valence-corrected chi connectivity index (χ0v) is 18.0. The molecule has 0 amide bonds. The second-order valence-corrected chi connectivity index (χ2v) is 6.10. The molecule has 0 bridgehead atoms. The van der Waals surface area contributed by atoms with Gasteiger partial charge in [-0.2, -0.15) is 0 Å². The number of halogens is 2. The number of hydrogen-bond donors (Lipinski definition) is 2. The van der Waals surface area contributed by atoms with E-state index in [0.717, 1.165) is 31.2 Å². The molecule has 0 aliphatic rings. The van der Waals surface area contributed by atoms with Crippen LogP contribution in [0.2, 0.25) is 0 Å². The maximum absolute atomic E-state index is 13.5. The third kappa shape index (κ3) is 7.33. The number of rotatable bonds is 8. The Labute approximate surface area is 172 Å². The number of aliphatic imine (C=N–C) groups is 1. The topological polar surface area (TPSA) is 44.6 Å². The SMILES string of the molecule is CCNC(=NCC(c1cccc(F)c1)N(C)C)NCCn1cccc1.I. The predicted molar refractivity (Wildman–Crippen MR) is 117 cm³/mol. The van der Waals surface area contributed by atoms with Gasteiger partial charge in [-0.1, -0.05) is 12.1 Å². The minimum atomic E-state index is -0.218. The summed E-state index contributed by atoms with van der Waals surface area (Å²) in [7, 11) is 3.97. The van der Waals surface area contributed by atoms with Crippen molar-refractivity contribution in [3.05, 3.63) is 60.2 Å². The fraction of sp³-hybridized carbons (Fsp3) is 0.421. The van der Waals surface area contributed by atoms with Gasteiger partial charge in [0.25, 0.3) is 0 Å². The van der Waals surface area contributed by atoms with E-state index in [1.807, 2.05) is 51.6 Å². The summed E-state index contributed by atoms with van der Waals surface area (Å²) < 4.78 is 15.6. The maximum atomic E-state index is 13.5. The lowest BCUT2D eigenvalue weighted by molar-refractivity contribution is 0.305. The summed E-state index contributed by atoms with van der Waals surface area (Å²) in [6.07, 6.45) is 4.08. The van der Waals surface area contributed by atoms with E-state index in [4.69, 9.17) is 0 Å². The third-order valence-corrected chi connectivity index (χ3v) is 3.95. The van der Waals surface area contributed by atoms with Crippen molar-refractivity contribution >= 4 is 29.9 Å². The lowest BCUT2D eigenvalue weighted by Gasteiger charge is -2.23. The van der Waals surface area contributed by atoms with Gasteiger partial charge in [0.05, 0.1) is 12.6 Å². The Bertz CT molecular complexity index is 658. The number of likely N-dealkylation sites (N-methyl/N-ethyl adjacent to an activating group) is 1. The highest BCUT2D eigenvalue weighted by Gasteiger charge is 2.14. The van der Waals surface area contributed by atoms with Gasteiger partial charge in [-0.05, 0) is 50.8 Å². The van der Waals surface area contributed by atoms with Gasteiger partial charge >= 0.3 is 0 Å². The van der Waals surface area contributed by atoms with Crippen LogP contribution in [0.1, 0.15) is 18.5 Å². The predicted octanol–water partition coefficient (Wildman–Crippen LogP) is 3.10. The Morgan fingerprint density at radius 1 is 1.19 bits per heavy atom. The van der Waals surface area contributed by atoms with E-state index in [1.165, 1.54) is 6.07 Å². The van der Waals surface area contributed by atoms with Gasteiger partial charge in [0.2, 0.25) is 0 Å². The van der Waals surface area contributed by atoms with Crippen molar-refractivity contribution in [3.63, 3.8) is 0 Å². The van der Waals surface area contributed by atoms with Gasteiger partial charge in [-0.3, -0.25) is 4.99 Å². The molecule has 2 rings (SSSR count). The van der Waals surface area contributed by atoms with Crippen LogP contribution >= 0.6 is 24.0 Å². The minimum absolute atomic E-state index is 0. The van der Waals surface area contributed by atoms with Crippen molar-refractivity contribution in [2.45, 2.75) is 19.5 Å². The zero-order chi connectivity index (χ0) is 18.1. The molecule has 0 radical (unpaired) electrons. The average molecular weight is 473 g/mol. The first-order valence-corrected chi connectivity index (χ1v) is 8.65. The lowest BCUT2D eigenvalue weighted by Crippen LogP contribution is -2.39. The molecule has 0 spiro atoms. The Hall–Kier alpha value is -1.61. The molecule has 1 aromatic heterocycles. The summed E-state index contributed by atoms with van der Waals surface area (Å²) in [4.78, 5) is 6.74. The molecule has 0 aliphatic heterocycles. The van der Waals surface area contributed by atoms with Crippen molar-refractivity contribution in [2.75, 3.05) is 33.7 Å². The molecule has 5 nitrogen and oxygen atoms in total. The molecule has 0 saturated carbocycles. The van der Waals surface area contributed by atoms with Gasteiger partial charge < -0.3 is 20.1 Å². The van der Waals surface area contributed by atoms with Crippen LogP contribution in [0.25, 0.3) is 0 Å². The van der Waals surface area contributed by atoms with E-state index in [1.54, 1.807) is 12.1 Å².